The Bertz CT molecular complexity index is 1320. The Morgan fingerprint density at radius 1 is 1.11 bits per heavy atom. The number of benzene rings is 2. The van der Waals surface area contributed by atoms with Gasteiger partial charge in [-0.1, -0.05) is 25.1 Å². The summed E-state index contributed by atoms with van der Waals surface area (Å²) in [6.45, 7) is 14.6. The van der Waals surface area contributed by atoms with Crippen LogP contribution in [0.3, 0.4) is 0 Å². The lowest BCUT2D eigenvalue weighted by atomic mass is 10.0. The molecular formula is C30H38FN5O2. The zero-order chi connectivity index (χ0) is 27.6. The molecule has 3 aromatic rings. The Kier molecular flexibility index (Phi) is 8.31. The summed E-state index contributed by atoms with van der Waals surface area (Å²) in [6.07, 6.45) is 0.591. The molecule has 1 amide bonds. The molecule has 4 rings (SSSR count). The minimum atomic E-state index is -0.323. The van der Waals surface area contributed by atoms with Gasteiger partial charge in [-0.25, -0.2) is 14.4 Å². The first kappa shape index (κ1) is 27.5. The topological polar surface area (TPSA) is 84.6 Å². The van der Waals surface area contributed by atoms with E-state index in [-0.39, 0.29) is 30.9 Å². The Morgan fingerprint density at radius 3 is 2.45 bits per heavy atom. The van der Waals surface area contributed by atoms with E-state index in [2.05, 4.69) is 42.7 Å². The number of carbonyl (C=O) groups is 1. The number of ether oxygens (including phenoxy) is 1. The maximum atomic E-state index is 14.3. The average Bonchev–Trinajstić information content (AvgIpc) is 2.85. The van der Waals surface area contributed by atoms with Crippen LogP contribution in [0.5, 0.6) is 5.75 Å². The van der Waals surface area contributed by atoms with Crippen LogP contribution in [0.2, 0.25) is 0 Å². The lowest BCUT2D eigenvalue weighted by Gasteiger charge is -2.40. The summed E-state index contributed by atoms with van der Waals surface area (Å²) < 4.78 is 20.5. The van der Waals surface area contributed by atoms with Gasteiger partial charge in [0.25, 0.3) is 0 Å². The van der Waals surface area contributed by atoms with Crippen LogP contribution in [0, 0.1) is 33.5 Å². The number of anilines is 1. The first-order chi connectivity index (χ1) is 18.1. The number of hydrogen-bond acceptors (Lipinski definition) is 6. The third-order valence-corrected chi connectivity index (χ3v) is 7.42. The number of carbonyl (C=O) groups excluding carboxylic acids is 1. The summed E-state index contributed by atoms with van der Waals surface area (Å²) in [4.78, 5) is 25.9. The number of piperazine rings is 1. The van der Waals surface area contributed by atoms with Crippen LogP contribution < -0.4 is 15.4 Å². The molecular weight excluding hydrogens is 481 g/mol. The van der Waals surface area contributed by atoms with Crippen molar-refractivity contribution in [1.29, 1.82) is 0 Å². The molecule has 0 saturated carbocycles. The highest BCUT2D eigenvalue weighted by Gasteiger charge is 2.28. The van der Waals surface area contributed by atoms with Crippen molar-refractivity contribution in [3.05, 3.63) is 69.7 Å². The summed E-state index contributed by atoms with van der Waals surface area (Å²) >= 11 is 0. The number of rotatable bonds is 8. The third-order valence-electron chi connectivity index (χ3n) is 7.42. The van der Waals surface area contributed by atoms with Gasteiger partial charge >= 0.3 is 0 Å². The normalized spacial score (nSPS) is 16.1. The fourth-order valence-electron chi connectivity index (χ4n) is 5.18. The van der Waals surface area contributed by atoms with Crippen LogP contribution in [-0.4, -0.2) is 53.0 Å². The standard InChI is InChI=1S/C30H38FN5O2/c1-7-23-14-26(20(4)13-25(23)31)38-17-24-22(6)33-29(28-18(2)9-8-10-19(28)3)34-30(24)36-12-11-35(16-27(32)37)21(5)15-36/h8-10,13-14,21H,7,11-12,15-17H2,1-6H3,(H2,32,37). The van der Waals surface area contributed by atoms with Crippen molar-refractivity contribution in [2.45, 2.75) is 60.6 Å². The molecule has 2 N–H and O–H groups in total. The molecule has 2 heterocycles. The van der Waals surface area contributed by atoms with Crippen LogP contribution in [0.1, 0.15) is 47.4 Å². The van der Waals surface area contributed by atoms with Gasteiger partial charge in [0.05, 0.1) is 17.8 Å². The molecule has 38 heavy (non-hydrogen) atoms. The van der Waals surface area contributed by atoms with Crippen LogP contribution in [0.15, 0.2) is 30.3 Å². The van der Waals surface area contributed by atoms with Gasteiger partial charge in [-0.15, -0.1) is 0 Å². The second-order valence-electron chi connectivity index (χ2n) is 10.3. The molecule has 8 heteroatoms. The zero-order valence-electron chi connectivity index (χ0n) is 23.3. The van der Waals surface area contributed by atoms with Crippen molar-refractivity contribution >= 4 is 11.7 Å². The number of halogens is 1. The van der Waals surface area contributed by atoms with Gasteiger partial charge < -0.3 is 15.4 Å². The first-order valence-electron chi connectivity index (χ1n) is 13.2. The Labute approximate surface area is 224 Å². The molecule has 1 aromatic heterocycles. The molecule has 1 saturated heterocycles. The molecule has 7 nitrogen and oxygen atoms in total. The van der Waals surface area contributed by atoms with Crippen molar-refractivity contribution in [2.75, 3.05) is 31.1 Å². The van der Waals surface area contributed by atoms with Gasteiger partial charge in [-0.05, 0) is 75.4 Å². The van der Waals surface area contributed by atoms with Crippen LogP contribution in [-0.2, 0) is 17.8 Å². The fourth-order valence-corrected chi connectivity index (χ4v) is 5.18. The van der Waals surface area contributed by atoms with E-state index in [1.165, 1.54) is 6.07 Å². The van der Waals surface area contributed by atoms with Gasteiger partial charge in [-0.3, -0.25) is 9.69 Å². The van der Waals surface area contributed by atoms with Crippen molar-refractivity contribution in [3.8, 4) is 17.1 Å². The van der Waals surface area contributed by atoms with Gasteiger partial charge in [-0.2, -0.15) is 0 Å². The number of hydrogen-bond donors (Lipinski definition) is 1. The molecule has 0 bridgehead atoms. The van der Waals surface area contributed by atoms with Crippen molar-refractivity contribution in [2.24, 2.45) is 5.73 Å². The van der Waals surface area contributed by atoms with Gasteiger partial charge in [0.15, 0.2) is 5.82 Å². The number of nitrogens with two attached hydrogens (primary N) is 1. The highest BCUT2D eigenvalue weighted by Crippen LogP contribution is 2.32. The Hall–Kier alpha value is -3.52. The number of aromatic nitrogens is 2. The highest BCUT2D eigenvalue weighted by molar-refractivity contribution is 5.76. The first-order valence-corrected chi connectivity index (χ1v) is 13.2. The van der Waals surface area contributed by atoms with E-state index in [9.17, 15) is 9.18 Å². The van der Waals surface area contributed by atoms with E-state index < -0.39 is 0 Å². The van der Waals surface area contributed by atoms with Gasteiger partial charge in [0.2, 0.25) is 5.91 Å². The average molecular weight is 520 g/mol. The predicted molar refractivity (Wildman–Crippen MR) is 149 cm³/mol. The number of nitrogens with zero attached hydrogens (tertiary/aromatic N) is 4. The van der Waals surface area contributed by atoms with Gasteiger partial charge in [0.1, 0.15) is 24.0 Å². The smallest absolute Gasteiger partial charge is 0.231 e. The quantitative estimate of drug-likeness (QED) is 0.466. The maximum absolute atomic E-state index is 14.3. The highest BCUT2D eigenvalue weighted by atomic mass is 19.1. The predicted octanol–water partition coefficient (Wildman–Crippen LogP) is 4.65. The second kappa shape index (κ2) is 11.5. The minimum absolute atomic E-state index is 0.121. The Morgan fingerprint density at radius 2 is 1.82 bits per heavy atom. The summed E-state index contributed by atoms with van der Waals surface area (Å²) in [6, 6.07) is 9.63. The maximum Gasteiger partial charge on any atom is 0.231 e. The number of amides is 1. The van der Waals surface area contributed by atoms with Gasteiger partial charge in [0, 0.05) is 31.2 Å². The van der Waals surface area contributed by atoms with E-state index in [1.807, 2.05) is 26.8 Å². The Balaban J connectivity index is 1.73. The van der Waals surface area contributed by atoms with Crippen molar-refractivity contribution in [1.82, 2.24) is 14.9 Å². The summed E-state index contributed by atoms with van der Waals surface area (Å²) in [5, 5.41) is 0. The molecule has 202 valence electrons. The van der Waals surface area contributed by atoms with E-state index in [0.717, 1.165) is 39.3 Å². The van der Waals surface area contributed by atoms with Crippen LogP contribution >= 0.6 is 0 Å². The zero-order valence-corrected chi connectivity index (χ0v) is 23.3. The van der Waals surface area contributed by atoms with E-state index in [1.54, 1.807) is 6.07 Å². The lowest BCUT2D eigenvalue weighted by Crippen LogP contribution is -2.54. The molecule has 1 fully saturated rings. The molecule has 2 aromatic carbocycles. The fraction of sp³-hybridized carbons (Fsp3) is 0.433. The largest absolute Gasteiger partial charge is 0.488 e. The second-order valence-corrected chi connectivity index (χ2v) is 10.3. The van der Waals surface area contributed by atoms with E-state index in [4.69, 9.17) is 20.4 Å². The van der Waals surface area contributed by atoms with Crippen LogP contribution in [0.4, 0.5) is 10.2 Å². The monoisotopic (exact) mass is 519 g/mol. The van der Waals surface area contributed by atoms with E-state index >= 15 is 0 Å². The molecule has 0 radical (unpaired) electrons. The molecule has 1 unspecified atom stereocenters. The lowest BCUT2D eigenvalue weighted by molar-refractivity contribution is -0.119. The van der Waals surface area contributed by atoms with Crippen molar-refractivity contribution in [3.63, 3.8) is 0 Å². The molecule has 1 atom stereocenters. The summed E-state index contributed by atoms with van der Waals surface area (Å²) in [7, 11) is 0. The summed E-state index contributed by atoms with van der Waals surface area (Å²) in [5.41, 5.74) is 11.9. The molecule has 1 aliphatic rings. The molecule has 0 aliphatic carbocycles. The SMILES string of the molecule is CCc1cc(OCc2c(C)nc(-c3c(C)cccc3C)nc2N2CCN(CC(N)=O)C(C)C2)c(C)cc1F. The number of aryl methyl sites for hydroxylation is 5. The molecule has 0 spiro atoms. The minimum Gasteiger partial charge on any atom is -0.488 e. The third kappa shape index (κ3) is 5.80. The van der Waals surface area contributed by atoms with Crippen LogP contribution in [0.25, 0.3) is 11.4 Å². The number of primary amides is 1. The van der Waals surface area contributed by atoms with E-state index in [0.29, 0.717) is 43.2 Å². The summed E-state index contributed by atoms with van der Waals surface area (Å²) in [5.74, 6) is 1.65. The molecule has 1 aliphatic heterocycles. The van der Waals surface area contributed by atoms with Crippen molar-refractivity contribution < 1.29 is 13.9 Å².